The second-order valence-electron chi connectivity index (χ2n) is 3.94. The first kappa shape index (κ1) is 13.7. The van der Waals surface area contributed by atoms with Gasteiger partial charge in [-0.1, -0.05) is 6.42 Å². The van der Waals surface area contributed by atoms with Crippen molar-refractivity contribution in [2.45, 2.75) is 19.3 Å². The van der Waals surface area contributed by atoms with E-state index in [9.17, 15) is 9.59 Å². The lowest BCUT2D eigenvalue weighted by atomic mass is 10.1. The summed E-state index contributed by atoms with van der Waals surface area (Å²) in [5.41, 5.74) is 2.00. The van der Waals surface area contributed by atoms with Gasteiger partial charge in [-0.15, -0.1) is 0 Å². The fourth-order valence-electron chi connectivity index (χ4n) is 1.71. The van der Waals surface area contributed by atoms with E-state index in [-0.39, 0.29) is 0 Å². The van der Waals surface area contributed by atoms with Gasteiger partial charge >= 0.3 is 12.0 Å². The number of carbonyl (C=O) groups is 2. The third kappa shape index (κ3) is 6.75. The summed E-state index contributed by atoms with van der Waals surface area (Å²) in [6, 6.07) is -0.511. The molecule has 1 saturated heterocycles. The van der Waals surface area contributed by atoms with Crippen LogP contribution in [-0.4, -0.2) is 54.8 Å². The van der Waals surface area contributed by atoms with Crippen LogP contribution in [0.3, 0.4) is 0 Å². The number of likely N-dealkylation sites (tertiary alicyclic amines) is 1. The zero-order valence-electron chi connectivity index (χ0n) is 9.78. The van der Waals surface area contributed by atoms with Crippen molar-refractivity contribution in [1.29, 1.82) is 0 Å². The van der Waals surface area contributed by atoms with E-state index in [0.717, 1.165) is 19.6 Å². The summed E-state index contributed by atoms with van der Waals surface area (Å²) in [7, 11) is 0. The minimum atomic E-state index is -1.13. The molecule has 0 aromatic rings. The smallest absolute Gasteiger partial charge is 0.338 e. The van der Waals surface area contributed by atoms with Gasteiger partial charge < -0.3 is 15.3 Å². The van der Waals surface area contributed by atoms with Gasteiger partial charge in [0.1, 0.15) is 0 Å². The molecule has 7 nitrogen and oxygen atoms in total. The highest BCUT2D eigenvalue weighted by Crippen LogP contribution is 2.07. The van der Waals surface area contributed by atoms with Crippen LogP contribution in [0.2, 0.25) is 0 Å². The average Bonchev–Trinajstić information content (AvgIpc) is 2.30. The van der Waals surface area contributed by atoms with Gasteiger partial charge in [0.25, 0.3) is 0 Å². The molecule has 1 aliphatic rings. The Morgan fingerprint density at radius 2 is 1.94 bits per heavy atom. The topological polar surface area (TPSA) is 90.9 Å². The normalized spacial score (nSPS) is 16.5. The molecule has 0 spiro atoms. The van der Waals surface area contributed by atoms with Gasteiger partial charge in [-0.2, -0.15) is 0 Å². The van der Waals surface area contributed by atoms with Crippen LogP contribution < -0.4 is 10.8 Å². The largest absolute Gasteiger partial charge is 0.479 e. The number of carboxylic acid groups (broad SMARTS) is 1. The molecule has 0 aliphatic carbocycles. The van der Waals surface area contributed by atoms with Crippen LogP contribution in [0, 0.1) is 0 Å². The fourth-order valence-corrected chi connectivity index (χ4v) is 1.71. The van der Waals surface area contributed by atoms with Gasteiger partial charge in [0.15, 0.2) is 6.61 Å². The van der Waals surface area contributed by atoms with Crippen molar-refractivity contribution in [1.82, 2.24) is 15.7 Å². The van der Waals surface area contributed by atoms with E-state index < -0.39 is 18.6 Å². The predicted octanol–water partition coefficient (Wildman–Crippen LogP) is -0.212. The number of hydrogen-bond acceptors (Lipinski definition) is 4. The third-order valence-corrected chi connectivity index (χ3v) is 2.52. The number of nitrogens with zero attached hydrogens (tertiary/aromatic N) is 1. The SMILES string of the molecule is O=C(O)CONC(=O)NCCN1CCCCC1. The lowest BCUT2D eigenvalue weighted by Crippen LogP contribution is -2.42. The Morgan fingerprint density at radius 1 is 1.24 bits per heavy atom. The second kappa shape index (κ2) is 7.86. The number of nitrogens with one attached hydrogen (secondary N) is 2. The molecule has 0 aromatic carbocycles. The minimum absolute atomic E-state index is 0.511. The van der Waals surface area contributed by atoms with E-state index in [2.05, 4.69) is 15.1 Å². The maximum absolute atomic E-state index is 11.1. The summed E-state index contributed by atoms with van der Waals surface area (Å²) in [6.07, 6.45) is 3.72. The molecule has 1 fully saturated rings. The molecular weight excluding hydrogens is 226 g/mol. The summed E-state index contributed by atoms with van der Waals surface area (Å²) >= 11 is 0. The van der Waals surface area contributed by atoms with Crippen LogP contribution in [0.5, 0.6) is 0 Å². The monoisotopic (exact) mass is 245 g/mol. The summed E-state index contributed by atoms with van der Waals surface area (Å²) in [5, 5.41) is 10.9. The first-order chi connectivity index (χ1) is 8.18. The number of piperidine rings is 1. The first-order valence-corrected chi connectivity index (χ1v) is 5.78. The van der Waals surface area contributed by atoms with E-state index >= 15 is 0 Å². The molecule has 0 unspecified atom stereocenters. The summed E-state index contributed by atoms with van der Waals surface area (Å²) in [4.78, 5) is 27.9. The van der Waals surface area contributed by atoms with E-state index in [1.807, 2.05) is 5.48 Å². The van der Waals surface area contributed by atoms with Crippen molar-refractivity contribution in [2.24, 2.45) is 0 Å². The molecular formula is C10H19N3O4. The highest BCUT2D eigenvalue weighted by molar-refractivity contribution is 5.73. The van der Waals surface area contributed by atoms with Gasteiger partial charge in [0.2, 0.25) is 0 Å². The molecule has 1 aliphatic heterocycles. The quantitative estimate of drug-likeness (QED) is 0.563. The molecule has 0 atom stereocenters. The average molecular weight is 245 g/mol. The number of rotatable bonds is 6. The number of amides is 2. The highest BCUT2D eigenvalue weighted by atomic mass is 16.7. The molecule has 0 bridgehead atoms. The summed E-state index contributed by atoms with van der Waals surface area (Å²) in [5.74, 6) is -1.13. The van der Waals surface area contributed by atoms with Crippen LogP contribution in [0.15, 0.2) is 0 Å². The molecule has 17 heavy (non-hydrogen) atoms. The van der Waals surface area contributed by atoms with Gasteiger partial charge in [-0.05, 0) is 25.9 Å². The minimum Gasteiger partial charge on any atom is -0.479 e. The molecule has 7 heteroatoms. The van der Waals surface area contributed by atoms with Crippen LogP contribution in [0.1, 0.15) is 19.3 Å². The first-order valence-electron chi connectivity index (χ1n) is 5.78. The molecule has 2 amide bonds. The number of aliphatic carboxylic acids is 1. The molecule has 3 N–H and O–H groups in total. The van der Waals surface area contributed by atoms with Crippen LogP contribution in [0.4, 0.5) is 4.79 Å². The van der Waals surface area contributed by atoms with Crippen LogP contribution in [-0.2, 0) is 9.63 Å². The van der Waals surface area contributed by atoms with E-state index in [0.29, 0.717) is 6.54 Å². The van der Waals surface area contributed by atoms with Crippen molar-refractivity contribution in [2.75, 3.05) is 32.8 Å². The van der Waals surface area contributed by atoms with Crippen molar-refractivity contribution < 1.29 is 19.5 Å². The zero-order chi connectivity index (χ0) is 12.5. The molecule has 0 radical (unpaired) electrons. The Hall–Kier alpha value is -1.34. The standard InChI is InChI=1S/C10H19N3O4/c14-9(15)8-17-12-10(16)11-4-7-13-5-2-1-3-6-13/h1-8H2,(H,14,15)(H2,11,12,16). The lowest BCUT2D eigenvalue weighted by molar-refractivity contribution is -0.144. The molecule has 0 aromatic heterocycles. The number of carboxylic acids is 1. The second-order valence-corrected chi connectivity index (χ2v) is 3.94. The number of hydrogen-bond donors (Lipinski definition) is 3. The Morgan fingerprint density at radius 3 is 2.59 bits per heavy atom. The van der Waals surface area contributed by atoms with Gasteiger partial charge in [0.05, 0.1) is 0 Å². The van der Waals surface area contributed by atoms with Crippen LogP contribution in [0.25, 0.3) is 0 Å². The Bertz CT molecular complexity index is 254. The Labute approximate surface area is 100 Å². The molecule has 0 saturated carbocycles. The highest BCUT2D eigenvalue weighted by Gasteiger charge is 2.09. The van der Waals surface area contributed by atoms with Crippen molar-refractivity contribution >= 4 is 12.0 Å². The van der Waals surface area contributed by atoms with E-state index in [1.165, 1.54) is 19.3 Å². The summed E-state index contributed by atoms with van der Waals surface area (Å²) in [6.45, 7) is 2.96. The van der Waals surface area contributed by atoms with Crippen LogP contribution >= 0.6 is 0 Å². The number of hydroxylamine groups is 1. The van der Waals surface area contributed by atoms with E-state index in [4.69, 9.17) is 5.11 Å². The van der Waals surface area contributed by atoms with Gasteiger partial charge in [0, 0.05) is 13.1 Å². The maximum atomic E-state index is 11.1. The summed E-state index contributed by atoms with van der Waals surface area (Å²) < 4.78 is 0. The van der Waals surface area contributed by atoms with Gasteiger partial charge in [-0.25, -0.2) is 15.1 Å². The molecule has 1 heterocycles. The molecule has 1 rings (SSSR count). The lowest BCUT2D eigenvalue weighted by Gasteiger charge is -2.26. The Kier molecular flexibility index (Phi) is 6.34. The van der Waals surface area contributed by atoms with E-state index in [1.54, 1.807) is 0 Å². The third-order valence-electron chi connectivity index (χ3n) is 2.52. The molecule has 98 valence electrons. The zero-order valence-corrected chi connectivity index (χ0v) is 9.78. The fraction of sp³-hybridized carbons (Fsp3) is 0.800. The van der Waals surface area contributed by atoms with Crippen molar-refractivity contribution in [3.63, 3.8) is 0 Å². The van der Waals surface area contributed by atoms with Crippen molar-refractivity contribution in [3.8, 4) is 0 Å². The number of urea groups is 1. The Balaban J connectivity index is 1.97. The van der Waals surface area contributed by atoms with Gasteiger partial charge in [-0.3, -0.25) is 4.84 Å². The number of carbonyl (C=O) groups excluding carboxylic acids is 1. The van der Waals surface area contributed by atoms with Crippen molar-refractivity contribution in [3.05, 3.63) is 0 Å². The predicted molar refractivity (Wildman–Crippen MR) is 60.4 cm³/mol. The maximum Gasteiger partial charge on any atom is 0.338 e.